The van der Waals surface area contributed by atoms with Crippen LogP contribution in [0.2, 0.25) is 0 Å². The normalized spacial score (nSPS) is 22.7. The lowest BCUT2D eigenvalue weighted by molar-refractivity contribution is -0.126. The van der Waals surface area contributed by atoms with Crippen LogP contribution in [-0.2, 0) is 19.8 Å². The number of carbonyl (C=O) groups excluding carboxylic acids is 2. The first kappa shape index (κ1) is 21.4. The highest BCUT2D eigenvalue weighted by molar-refractivity contribution is 6.24. The zero-order chi connectivity index (χ0) is 23.3. The van der Waals surface area contributed by atoms with Crippen molar-refractivity contribution in [3.8, 4) is 0 Å². The number of nitrogens with zero attached hydrogens (tertiary/aromatic N) is 2. The molecule has 0 aliphatic carbocycles. The molecule has 0 unspecified atom stereocenters. The van der Waals surface area contributed by atoms with Gasteiger partial charge in [0.05, 0.1) is 17.4 Å². The molecule has 0 aromatic heterocycles. The largest absolute Gasteiger partial charge is 0.273 e. The first-order valence-corrected chi connectivity index (χ1v) is 11.3. The molecule has 0 N–H and O–H groups in total. The van der Waals surface area contributed by atoms with E-state index >= 15 is 0 Å². The Kier molecular flexibility index (Phi) is 5.09. The summed E-state index contributed by atoms with van der Waals surface area (Å²) in [5.74, 6) is -1.16. The average Bonchev–Trinajstić information content (AvgIpc) is 3.31. The van der Waals surface area contributed by atoms with E-state index in [-0.39, 0.29) is 17.2 Å². The number of benzene rings is 3. The molecule has 2 aliphatic heterocycles. The molecule has 5 rings (SSSR count). The summed E-state index contributed by atoms with van der Waals surface area (Å²) in [6.07, 6.45) is -0.857. The Balaban J connectivity index is 1.58. The van der Waals surface area contributed by atoms with Crippen molar-refractivity contribution in [1.82, 2.24) is 0 Å². The third kappa shape index (κ3) is 3.53. The van der Waals surface area contributed by atoms with Crippen molar-refractivity contribution in [3.05, 3.63) is 95.6 Å². The van der Waals surface area contributed by atoms with Gasteiger partial charge in [-0.1, -0.05) is 81.4 Å². The van der Waals surface area contributed by atoms with Gasteiger partial charge in [-0.25, -0.2) is 9.96 Å². The number of hydrogen-bond acceptors (Lipinski definition) is 4. The van der Waals surface area contributed by atoms with Gasteiger partial charge in [0, 0.05) is 0 Å². The van der Waals surface area contributed by atoms with Crippen molar-refractivity contribution < 1.29 is 14.4 Å². The van der Waals surface area contributed by atoms with Gasteiger partial charge in [0.25, 0.3) is 5.91 Å². The second kappa shape index (κ2) is 7.85. The maximum atomic E-state index is 13.7. The number of carbonyl (C=O) groups is 2. The third-order valence-electron chi connectivity index (χ3n) is 6.60. The number of aryl methyl sites for hydroxylation is 1. The summed E-state index contributed by atoms with van der Waals surface area (Å²) in [4.78, 5) is 34.7. The highest BCUT2D eigenvalue weighted by Gasteiger charge is 2.60. The van der Waals surface area contributed by atoms with Crippen molar-refractivity contribution in [3.63, 3.8) is 0 Å². The molecule has 0 spiro atoms. The van der Waals surface area contributed by atoms with E-state index in [0.717, 1.165) is 16.8 Å². The molecule has 2 fully saturated rings. The molecule has 2 saturated heterocycles. The minimum atomic E-state index is -0.857. The quantitative estimate of drug-likeness (QED) is 0.516. The molecule has 2 aliphatic rings. The fraction of sp³-hybridized carbons (Fsp3) is 0.286. The summed E-state index contributed by atoms with van der Waals surface area (Å²) < 4.78 is 0. The van der Waals surface area contributed by atoms with Gasteiger partial charge in [-0.2, -0.15) is 0 Å². The standard InChI is InChI=1S/C28H28N2O3/c1-18-10-8-9-13-22(18)29-26(31)23-24(19-14-16-20(17-15-19)28(2,3)4)30(33-25(23)27(29)32)21-11-6-5-7-12-21/h5-17,23-25H,1-4H3/t23-,24+,25-/m1/s1. The van der Waals surface area contributed by atoms with Gasteiger partial charge in [0.1, 0.15) is 5.92 Å². The molecule has 3 aromatic rings. The lowest BCUT2D eigenvalue weighted by Crippen LogP contribution is -2.37. The maximum Gasteiger partial charge on any atom is 0.266 e. The number of para-hydroxylation sites is 2. The molecule has 0 radical (unpaired) electrons. The molecule has 2 amide bonds. The first-order valence-electron chi connectivity index (χ1n) is 11.3. The molecule has 0 bridgehead atoms. The fourth-order valence-corrected chi connectivity index (χ4v) is 4.78. The minimum absolute atomic E-state index is 0.0210. The predicted octanol–water partition coefficient (Wildman–Crippen LogP) is 5.34. The monoisotopic (exact) mass is 440 g/mol. The van der Waals surface area contributed by atoms with Gasteiger partial charge in [-0.05, 0) is 47.2 Å². The van der Waals surface area contributed by atoms with Crippen molar-refractivity contribution in [2.24, 2.45) is 5.92 Å². The summed E-state index contributed by atoms with van der Waals surface area (Å²) in [6.45, 7) is 8.43. The lowest BCUT2D eigenvalue weighted by Gasteiger charge is -2.29. The van der Waals surface area contributed by atoms with Crippen LogP contribution in [0.1, 0.15) is 43.5 Å². The highest BCUT2D eigenvalue weighted by Crippen LogP contribution is 2.48. The summed E-state index contributed by atoms with van der Waals surface area (Å²) in [6, 6.07) is 25.0. The second-order valence-electron chi connectivity index (χ2n) is 9.83. The molecule has 33 heavy (non-hydrogen) atoms. The third-order valence-corrected chi connectivity index (χ3v) is 6.60. The minimum Gasteiger partial charge on any atom is -0.273 e. The molecule has 3 aromatic carbocycles. The van der Waals surface area contributed by atoms with Crippen molar-refractivity contribution >= 4 is 23.2 Å². The number of anilines is 2. The van der Waals surface area contributed by atoms with Crippen LogP contribution in [0, 0.1) is 12.8 Å². The molecule has 2 heterocycles. The lowest BCUT2D eigenvalue weighted by atomic mass is 9.84. The Morgan fingerprint density at radius 3 is 2.06 bits per heavy atom. The summed E-state index contributed by atoms with van der Waals surface area (Å²) in [5, 5.41) is 1.74. The van der Waals surface area contributed by atoms with Gasteiger partial charge < -0.3 is 0 Å². The van der Waals surface area contributed by atoms with Crippen molar-refractivity contribution in [2.45, 2.75) is 45.3 Å². The number of hydroxylamine groups is 1. The molecule has 5 heteroatoms. The number of amides is 2. The zero-order valence-corrected chi connectivity index (χ0v) is 19.4. The van der Waals surface area contributed by atoms with Crippen LogP contribution in [0.15, 0.2) is 78.9 Å². The van der Waals surface area contributed by atoms with Crippen molar-refractivity contribution in [2.75, 3.05) is 9.96 Å². The SMILES string of the molecule is Cc1ccccc1N1C(=O)[C@H]2[C@@H](ON(c3ccccc3)[C@H]2c2ccc(C(C)(C)C)cc2)C1=O. The molecule has 0 saturated carbocycles. The van der Waals surface area contributed by atoms with E-state index in [1.807, 2.05) is 61.5 Å². The van der Waals surface area contributed by atoms with Gasteiger partial charge >= 0.3 is 0 Å². The number of hydrogen-bond donors (Lipinski definition) is 0. The Labute approximate surface area is 194 Å². The van der Waals surface area contributed by atoms with E-state index in [1.165, 1.54) is 10.5 Å². The summed E-state index contributed by atoms with van der Waals surface area (Å²) in [7, 11) is 0. The molecular weight excluding hydrogens is 412 g/mol. The Morgan fingerprint density at radius 2 is 1.42 bits per heavy atom. The van der Waals surface area contributed by atoms with E-state index < -0.39 is 18.1 Å². The zero-order valence-electron chi connectivity index (χ0n) is 19.4. The Bertz CT molecular complexity index is 1200. The van der Waals surface area contributed by atoms with Crippen LogP contribution in [-0.4, -0.2) is 17.9 Å². The van der Waals surface area contributed by atoms with E-state index in [2.05, 4.69) is 45.0 Å². The van der Waals surface area contributed by atoms with Crippen LogP contribution < -0.4 is 9.96 Å². The Morgan fingerprint density at radius 1 is 0.788 bits per heavy atom. The smallest absolute Gasteiger partial charge is 0.266 e. The first-order chi connectivity index (χ1) is 15.8. The fourth-order valence-electron chi connectivity index (χ4n) is 4.78. The van der Waals surface area contributed by atoms with Crippen LogP contribution in [0.25, 0.3) is 0 Å². The van der Waals surface area contributed by atoms with E-state index in [4.69, 9.17) is 4.84 Å². The van der Waals surface area contributed by atoms with Gasteiger partial charge in [-0.15, -0.1) is 0 Å². The molecule has 168 valence electrons. The van der Waals surface area contributed by atoms with Gasteiger partial charge in [0.15, 0.2) is 6.10 Å². The summed E-state index contributed by atoms with van der Waals surface area (Å²) >= 11 is 0. The van der Waals surface area contributed by atoms with Crippen LogP contribution in [0.3, 0.4) is 0 Å². The predicted molar refractivity (Wildman–Crippen MR) is 129 cm³/mol. The number of fused-ring (bicyclic) bond motifs is 1. The Hall–Kier alpha value is -3.44. The van der Waals surface area contributed by atoms with Crippen LogP contribution in [0.4, 0.5) is 11.4 Å². The van der Waals surface area contributed by atoms with Crippen LogP contribution >= 0.6 is 0 Å². The van der Waals surface area contributed by atoms with E-state index in [0.29, 0.717) is 5.69 Å². The van der Waals surface area contributed by atoms with Gasteiger partial charge in [0.2, 0.25) is 5.91 Å². The number of imide groups is 1. The maximum absolute atomic E-state index is 13.7. The molecule has 3 atom stereocenters. The van der Waals surface area contributed by atoms with E-state index in [9.17, 15) is 9.59 Å². The average molecular weight is 441 g/mol. The van der Waals surface area contributed by atoms with Gasteiger partial charge in [-0.3, -0.25) is 14.4 Å². The van der Waals surface area contributed by atoms with E-state index in [1.54, 1.807) is 5.06 Å². The summed E-state index contributed by atoms with van der Waals surface area (Å²) in [5.41, 5.74) is 4.51. The van der Waals surface area contributed by atoms with Crippen LogP contribution in [0.5, 0.6) is 0 Å². The molecule has 5 nitrogen and oxygen atoms in total. The number of rotatable bonds is 3. The van der Waals surface area contributed by atoms with Crippen molar-refractivity contribution in [1.29, 1.82) is 0 Å². The second-order valence-corrected chi connectivity index (χ2v) is 9.83. The molecular formula is C28H28N2O3. The topological polar surface area (TPSA) is 49.9 Å². The highest BCUT2D eigenvalue weighted by atomic mass is 16.7.